The van der Waals surface area contributed by atoms with Crippen LogP contribution in [0.1, 0.15) is 34.5 Å². The van der Waals surface area contributed by atoms with Crippen molar-refractivity contribution in [2.45, 2.75) is 19.4 Å². The van der Waals surface area contributed by atoms with Crippen LogP contribution in [0.15, 0.2) is 36.4 Å². The number of fused-ring (bicyclic) bond motifs is 1. The summed E-state index contributed by atoms with van der Waals surface area (Å²) in [5, 5.41) is 0. The van der Waals surface area contributed by atoms with Crippen LogP contribution in [0.4, 0.5) is 8.78 Å². The molecule has 0 fully saturated rings. The third kappa shape index (κ3) is 2.79. The SMILES string of the molecule is COc1ccc2c(c1)C(C)N(C(=O)c1ccc(F)c(F)c1)CC2. The highest BCUT2D eigenvalue weighted by Gasteiger charge is 2.29. The van der Waals surface area contributed by atoms with E-state index < -0.39 is 11.6 Å². The Morgan fingerprint density at radius 2 is 1.96 bits per heavy atom. The Hall–Kier alpha value is -2.43. The maximum atomic E-state index is 13.4. The van der Waals surface area contributed by atoms with E-state index in [1.54, 1.807) is 12.0 Å². The quantitative estimate of drug-likeness (QED) is 0.844. The number of benzene rings is 2. The number of hydrogen-bond donors (Lipinski definition) is 0. The number of methoxy groups -OCH3 is 1. The first-order chi connectivity index (χ1) is 11.0. The second kappa shape index (κ2) is 5.99. The lowest BCUT2D eigenvalue weighted by molar-refractivity contribution is 0.0676. The fourth-order valence-corrected chi connectivity index (χ4v) is 2.99. The molecule has 0 aromatic heterocycles. The zero-order chi connectivity index (χ0) is 16.6. The van der Waals surface area contributed by atoms with Crippen molar-refractivity contribution >= 4 is 5.91 Å². The molecule has 120 valence electrons. The summed E-state index contributed by atoms with van der Waals surface area (Å²) in [6.45, 7) is 2.47. The number of halogens is 2. The Labute approximate surface area is 133 Å². The van der Waals surface area contributed by atoms with Crippen LogP contribution in [0.5, 0.6) is 5.75 Å². The largest absolute Gasteiger partial charge is 0.497 e. The maximum Gasteiger partial charge on any atom is 0.254 e. The van der Waals surface area contributed by atoms with E-state index in [1.807, 2.05) is 25.1 Å². The van der Waals surface area contributed by atoms with Crippen LogP contribution in [0.25, 0.3) is 0 Å². The van der Waals surface area contributed by atoms with Gasteiger partial charge in [0, 0.05) is 12.1 Å². The standard InChI is InChI=1S/C18H17F2NO2/c1-11-15-10-14(23-2)5-3-12(15)7-8-21(11)18(22)13-4-6-16(19)17(20)9-13/h3-6,9-11H,7-8H2,1-2H3. The van der Waals surface area contributed by atoms with Gasteiger partial charge in [-0.05, 0) is 54.8 Å². The molecule has 23 heavy (non-hydrogen) atoms. The Kier molecular flexibility index (Phi) is 4.03. The number of amides is 1. The normalized spacial score (nSPS) is 16.9. The Morgan fingerprint density at radius 1 is 1.17 bits per heavy atom. The monoisotopic (exact) mass is 317 g/mol. The molecule has 0 spiro atoms. The van der Waals surface area contributed by atoms with Gasteiger partial charge in [-0.15, -0.1) is 0 Å². The third-order valence-electron chi connectivity index (χ3n) is 4.32. The van der Waals surface area contributed by atoms with E-state index in [4.69, 9.17) is 4.74 Å². The average molecular weight is 317 g/mol. The van der Waals surface area contributed by atoms with Gasteiger partial charge in [0.15, 0.2) is 11.6 Å². The van der Waals surface area contributed by atoms with E-state index in [1.165, 1.54) is 11.6 Å². The molecule has 0 saturated heterocycles. The van der Waals surface area contributed by atoms with E-state index in [0.717, 1.165) is 29.9 Å². The molecule has 0 aliphatic carbocycles. The summed E-state index contributed by atoms with van der Waals surface area (Å²) in [6.07, 6.45) is 0.721. The summed E-state index contributed by atoms with van der Waals surface area (Å²) in [6, 6.07) is 8.91. The van der Waals surface area contributed by atoms with Crippen LogP contribution in [0, 0.1) is 11.6 Å². The number of carbonyl (C=O) groups is 1. The van der Waals surface area contributed by atoms with Gasteiger partial charge >= 0.3 is 0 Å². The molecule has 1 heterocycles. The lowest BCUT2D eigenvalue weighted by Crippen LogP contribution is -2.38. The van der Waals surface area contributed by atoms with Gasteiger partial charge < -0.3 is 9.64 Å². The van der Waals surface area contributed by atoms with Crippen molar-refractivity contribution in [1.29, 1.82) is 0 Å². The van der Waals surface area contributed by atoms with E-state index in [-0.39, 0.29) is 17.5 Å². The van der Waals surface area contributed by atoms with Crippen LogP contribution in [0.2, 0.25) is 0 Å². The van der Waals surface area contributed by atoms with Crippen molar-refractivity contribution < 1.29 is 18.3 Å². The van der Waals surface area contributed by atoms with Crippen LogP contribution in [-0.4, -0.2) is 24.5 Å². The van der Waals surface area contributed by atoms with Crippen LogP contribution < -0.4 is 4.74 Å². The fraction of sp³-hybridized carbons (Fsp3) is 0.278. The van der Waals surface area contributed by atoms with Crippen LogP contribution in [0.3, 0.4) is 0 Å². The van der Waals surface area contributed by atoms with Crippen molar-refractivity contribution in [2.75, 3.05) is 13.7 Å². The minimum atomic E-state index is -1.01. The summed E-state index contributed by atoms with van der Waals surface area (Å²) < 4.78 is 31.7. The molecule has 1 aliphatic rings. The van der Waals surface area contributed by atoms with Crippen molar-refractivity contribution in [3.63, 3.8) is 0 Å². The fourth-order valence-electron chi connectivity index (χ4n) is 2.99. The van der Waals surface area contributed by atoms with Crippen LogP contribution in [-0.2, 0) is 6.42 Å². The first-order valence-corrected chi connectivity index (χ1v) is 7.44. The van der Waals surface area contributed by atoms with E-state index in [9.17, 15) is 13.6 Å². The smallest absolute Gasteiger partial charge is 0.254 e. The molecule has 1 atom stereocenters. The second-order valence-electron chi connectivity index (χ2n) is 5.62. The maximum absolute atomic E-state index is 13.4. The number of rotatable bonds is 2. The predicted molar refractivity (Wildman–Crippen MR) is 82.5 cm³/mol. The van der Waals surface area contributed by atoms with E-state index in [0.29, 0.717) is 6.54 Å². The third-order valence-corrected chi connectivity index (χ3v) is 4.32. The first kappa shape index (κ1) is 15.5. The van der Waals surface area contributed by atoms with Crippen LogP contribution >= 0.6 is 0 Å². The topological polar surface area (TPSA) is 29.5 Å². The van der Waals surface area contributed by atoms with Gasteiger partial charge in [-0.1, -0.05) is 6.07 Å². The van der Waals surface area contributed by atoms with Gasteiger partial charge in [0.05, 0.1) is 13.2 Å². The minimum absolute atomic E-state index is 0.155. The van der Waals surface area contributed by atoms with Gasteiger partial charge in [-0.2, -0.15) is 0 Å². The van der Waals surface area contributed by atoms with E-state index >= 15 is 0 Å². The summed E-state index contributed by atoms with van der Waals surface area (Å²) in [7, 11) is 1.60. The van der Waals surface area contributed by atoms with Gasteiger partial charge in [0.1, 0.15) is 5.75 Å². The summed E-state index contributed by atoms with van der Waals surface area (Å²) in [5.41, 5.74) is 2.35. The Balaban J connectivity index is 1.91. The lowest BCUT2D eigenvalue weighted by atomic mass is 9.92. The second-order valence-corrected chi connectivity index (χ2v) is 5.62. The minimum Gasteiger partial charge on any atom is -0.497 e. The zero-order valence-electron chi connectivity index (χ0n) is 13.0. The Morgan fingerprint density at radius 3 is 2.65 bits per heavy atom. The van der Waals surface area contributed by atoms with Gasteiger partial charge in [-0.25, -0.2) is 8.78 Å². The van der Waals surface area contributed by atoms with E-state index in [2.05, 4.69) is 0 Å². The highest BCUT2D eigenvalue weighted by atomic mass is 19.2. The van der Waals surface area contributed by atoms with Crippen molar-refractivity contribution in [3.05, 3.63) is 64.7 Å². The van der Waals surface area contributed by atoms with Crippen molar-refractivity contribution in [3.8, 4) is 5.75 Å². The molecule has 0 saturated carbocycles. The number of hydrogen-bond acceptors (Lipinski definition) is 2. The highest BCUT2D eigenvalue weighted by molar-refractivity contribution is 5.94. The molecule has 0 N–H and O–H groups in total. The molecule has 5 heteroatoms. The molecule has 3 rings (SSSR count). The molecule has 1 unspecified atom stereocenters. The van der Waals surface area contributed by atoms with Gasteiger partial charge in [-0.3, -0.25) is 4.79 Å². The average Bonchev–Trinajstić information content (AvgIpc) is 2.57. The van der Waals surface area contributed by atoms with Gasteiger partial charge in [0.25, 0.3) is 5.91 Å². The number of nitrogens with zero attached hydrogens (tertiary/aromatic N) is 1. The molecule has 1 amide bonds. The van der Waals surface area contributed by atoms with Gasteiger partial charge in [0.2, 0.25) is 0 Å². The summed E-state index contributed by atoms with van der Waals surface area (Å²) >= 11 is 0. The number of carbonyl (C=O) groups excluding carboxylic acids is 1. The molecular formula is C18H17F2NO2. The highest BCUT2D eigenvalue weighted by Crippen LogP contribution is 2.33. The summed E-state index contributed by atoms with van der Waals surface area (Å²) in [5.74, 6) is -1.53. The molecule has 2 aromatic carbocycles. The molecule has 0 bridgehead atoms. The van der Waals surface area contributed by atoms with Crippen molar-refractivity contribution in [1.82, 2.24) is 4.90 Å². The lowest BCUT2D eigenvalue weighted by Gasteiger charge is -2.35. The molecular weight excluding hydrogens is 300 g/mol. The molecule has 0 radical (unpaired) electrons. The zero-order valence-corrected chi connectivity index (χ0v) is 13.0. The Bertz CT molecular complexity index is 761. The predicted octanol–water partition coefficient (Wildman–Crippen LogP) is 3.73. The van der Waals surface area contributed by atoms with Crippen molar-refractivity contribution in [2.24, 2.45) is 0 Å². The molecule has 2 aromatic rings. The molecule has 1 aliphatic heterocycles. The number of ether oxygens (including phenoxy) is 1. The summed E-state index contributed by atoms with van der Waals surface area (Å²) in [4.78, 5) is 14.3. The molecule has 3 nitrogen and oxygen atoms in total. The first-order valence-electron chi connectivity index (χ1n) is 7.44.